The second-order valence-electron chi connectivity index (χ2n) is 5.79. The van der Waals surface area contributed by atoms with Crippen molar-refractivity contribution in [3.05, 3.63) is 29.3 Å². The normalized spacial score (nSPS) is 17.8. The van der Waals surface area contributed by atoms with Crippen LogP contribution in [-0.4, -0.2) is 43.1 Å². The van der Waals surface area contributed by atoms with E-state index in [9.17, 15) is 4.79 Å². The molecule has 0 aromatic heterocycles. The number of carbonyl (C=O) groups excluding carboxylic acids is 1. The second-order valence-corrected chi connectivity index (χ2v) is 5.79. The molecule has 1 aromatic rings. The molecule has 4 nitrogen and oxygen atoms in total. The molecule has 0 aliphatic carbocycles. The molecule has 0 radical (unpaired) electrons. The largest absolute Gasteiger partial charge is 0.484 e. The van der Waals surface area contributed by atoms with Crippen molar-refractivity contribution < 1.29 is 9.53 Å². The number of carbonyl (C=O) groups is 1. The smallest absolute Gasteiger partial charge is 0.260 e. The number of amides is 1. The molecule has 4 heteroatoms. The van der Waals surface area contributed by atoms with Crippen LogP contribution in [0, 0.1) is 13.8 Å². The minimum atomic E-state index is 0.0884. The fourth-order valence-electron chi connectivity index (χ4n) is 2.84. The van der Waals surface area contributed by atoms with Crippen molar-refractivity contribution in [3.63, 3.8) is 0 Å². The van der Waals surface area contributed by atoms with E-state index in [0.717, 1.165) is 43.8 Å². The number of hydrogen-bond donors (Lipinski definition) is 1. The quantitative estimate of drug-likeness (QED) is 0.874. The van der Waals surface area contributed by atoms with Crippen molar-refractivity contribution in [2.75, 3.05) is 26.2 Å². The lowest BCUT2D eigenvalue weighted by atomic mass is 10.1. The summed E-state index contributed by atoms with van der Waals surface area (Å²) in [7, 11) is 0. The molecule has 1 heterocycles. The summed E-state index contributed by atoms with van der Waals surface area (Å²) in [5, 5.41) is 3.32. The zero-order chi connectivity index (χ0) is 15.2. The van der Waals surface area contributed by atoms with E-state index in [1.807, 2.05) is 24.0 Å². The van der Waals surface area contributed by atoms with Gasteiger partial charge in [-0.05, 0) is 44.9 Å². The lowest BCUT2D eigenvalue weighted by Gasteiger charge is -2.28. The maximum Gasteiger partial charge on any atom is 0.260 e. The van der Waals surface area contributed by atoms with Crippen molar-refractivity contribution in [1.29, 1.82) is 0 Å². The fourth-order valence-corrected chi connectivity index (χ4v) is 2.84. The van der Waals surface area contributed by atoms with Crippen LogP contribution in [0.2, 0.25) is 0 Å². The SMILES string of the molecule is CCCN(C(=O)COc1ccc(C)cc1C)C1CCNC1. The van der Waals surface area contributed by atoms with Gasteiger partial charge in [0.15, 0.2) is 6.61 Å². The molecule has 116 valence electrons. The predicted molar refractivity (Wildman–Crippen MR) is 84.7 cm³/mol. The molecule has 1 amide bonds. The van der Waals surface area contributed by atoms with E-state index in [4.69, 9.17) is 4.74 Å². The Morgan fingerprint density at radius 2 is 2.24 bits per heavy atom. The van der Waals surface area contributed by atoms with Crippen molar-refractivity contribution in [2.24, 2.45) is 0 Å². The molecular weight excluding hydrogens is 264 g/mol. The summed E-state index contributed by atoms with van der Waals surface area (Å²) in [6.07, 6.45) is 2.01. The summed E-state index contributed by atoms with van der Waals surface area (Å²) in [4.78, 5) is 14.4. The first-order valence-electron chi connectivity index (χ1n) is 7.82. The van der Waals surface area contributed by atoms with E-state index in [1.54, 1.807) is 0 Å². The lowest BCUT2D eigenvalue weighted by molar-refractivity contribution is -0.135. The summed E-state index contributed by atoms with van der Waals surface area (Å²) in [5.74, 6) is 0.889. The first kappa shape index (κ1) is 15.8. The Morgan fingerprint density at radius 1 is 1.43 bits per heavy atom. The zero-order valence-corrected chi connectivity index (χ0v) is 13.3. The molecule has 0 bridgehead atoms. The van der Waals surface area contributed by atoms with E-state index in [-0.39, 0.29) is 12.5 Å². The number of nitrogens with zero attached hydrogens (tertiary/aromatic N) is 1. The van der Waals surface area contributed by atoms with Crippen LogP contribution in [0.5, 0.6) is 5.75 Å². The molecule has 0 spiro atoms. The summed E-state index contributed by atoms with van der Waals surface area (Å²) in [6, 6.07) is 6.35. The van der Waals surface area contributed by atoms with Gasteiger partial charge in [0, 0.05) is 19.1 Å². The van der Waals surface area contributed by atoms with Crippen LogP contribution in [-0.2, 0) is 4.79 Å². The predicted octanol–water partition coefficient (Wildman–Crippen LogP) is 2.28. The molecule has 1 saturated heterocycles. The molecule has 0 saturated carbocycles. The highest BCUT2D eigenvalue weighted by atomic mass is 16.5. The summed E-state index contributed by atoms with van der Waals surface area (Å²) in [6.45, 7) is 9.00. The van der Waals surface area contributed by atoms with Crippen LogP contribution in [0.4, 0.5) is 0 Å². The Morgan fingerprint density at radius 3 is 2.86 bits per heavy atom. The van der Waals surface area contributed by atoms with Gasteiger partial charge in [-0.15, -0.1) is 0 Å². The highest BCUT2D eigenvalue weighted by Crippen LogP contribution is 2.19. The van der Waals surface area contributed by atoms with Crippen LogP contribution < -0.4 is 10.1 Å². The maximum absolute atomic E-state index is 12.4. The van der Waals surface area contributed by atoms with Gasteiger partial charge in [0.25, 0.3) is 5.91 Å². The van der Waals surface area contributed by atoms with Crippen LogP contribution >= 0.6 is 0 Å². The molecule has 1 aromatic carbocycles. The Labute approximate surface area is 127 Å². The third-order valence-electron chi connectivity index (χ3n) is 3.94. The number of benzene rings is 1. The Balaban J connectivity index is 1.95. The molecule has 1 unspecified atom stereocenters. The topological polar surface area (TPSA) is 41.6 Å². The average Bonchev–Trinajstić information content (AvgIpc) is 2.97. The fraction of sp³-hybridized carbons (Fsp3) is 0.588. The monoisotopic (exact) mass is 290 g/mol. The average molecular weight is 290 g/mol. The third kappa shape index (κ3) is 4.21. The number of hydrogen-bond acceptors (Lipinski definition) is 3. The summed E-state index contributed by atoms with van der Waals surface area (Å²) in [5.41, 5.74) is 2.28. The maximum atomic E-state index is 12.4. The number of rotatable bonds is 6. The minimum Gasteiger partial charge on any atom is -0.484 e. The van der Waals surface area contributed by atoms with Crippen molar-refractivity contribution in [1.82, 2.24) is 10.2 Å². The number of aryl methyl sites for hydroxylation is 2. The lowest BCUT2D eigenvalue weighted by Crippen LogP contribution is -2.44. The molecule has 1 N–H and O–H groups in total. The van der Waals surface area contributed by atoms with Gasteiger partial charge in [-0.25, -0.2) is 0 Å². The van der Waals surface area contributed by atoms with Gasteiger partial charge in [-0.3, -0.25) is 4.79 Å². The second kappa shape index (κ2) is 7.46. The summed E-state index contributed by atoms with van der Waals surface area (Å²) < 4.78 is 5.73. The van der Waals surface area contributed by atoms with E-state index < -0.39 is 0 Å². The van der Waals surface area contributed by atoms with Gasteiger partial charge in [-0.1, -0.05) is 24.6 Å². The zero-order valence-electron chi connectivity index (χ0n) is 13.3. The Kier molecular flexibility index (Phi) is 5.62. The number of ether oxygens (including phenoxy) is 1. The molecule has 1 aliphatic rings. The van der Waals surface area contributed by atoms with Gasteiger partial charge in [0.2, 0.25) is 0 Å². The third-order valence-corrected chi connectivity index (χ3v) is 3.94. The van der Waals surface area contributed by atoms with Crippen LogP contribution in [0.3, 0.4) is 0 Å². The first-order chi connectivity index (χ1) is 10.1. The molecule has 1 aliphatic heterocycles. The van der Waals surface area contributed by atoms with Crippen molar-refractivity contribution in [3.8, 4) is 5.75 Å². The van der Waals surface area contributed by atoms with Gasteiger partial charge >= 0.3 is 0 Å². The van der Waals surface area contributed by atoms with Crippen LogP contribution in [0.1, 0.15) is 30.9 Å². The molecular formula is C17H26N2O2. The van der Waals surface area contributed by atoms with E-state index in [2.05, 4.69) is 25.2 Å². The highest BCUT2D eigenvalue weighted by Gasteiger charge is 2.26. The van der Waals surface area contributed by atoms with Gasteiger partial charge in [0.1, 0.15) is 5.75 Å². The molecule has 1 atom stereocenters. The number of nitrogens with one attached hydrogen (secondary N) is 1. The molecule has 21 heavy (non-hydrogen) atoms. The minimum absolute atomic E-state index is 0.0884. The molecule has 2 rings (SSSR count). The Hall–Kier alpha value is -1.55. The van der Waals surface area contributed by atoms with Gasteiger partial charge in [-0.2, -0.15) is 0 Å². The van der Waals surface area contributed by atoms with E-state index in [0.29, 0.717) is 6.04 Å². The van der Waals surface area contributed by atoms with Crippen molar-refractivity contribution >= 4 is 5.91 Å². The van der Waals surface area contributed by atoms with E-state index in [1.165, 1.54) is 5.56 Å². The van der Waals surface area contributed by atoms with Crippen LogP contribution in [0.25, 0.3) is 0 Å². The Bertz CT molecular complexity index is 482. The molecule has 1 fully saturated rings. The first-order valence-corrected chi connectivity index (χ1v) is 7.82. The standard InChI is InChI=1S/C17H26N2O2/c1-4-9-19(15-7-8-18-11-15)17(20)12-21-16-6-5-13(2)10-14(16)3/h5-6,10,15,18H,4,7-9,11-12H2,1-3H3. The van der Waals surface area contributed by atoms with Gasteiger partial charge < -0.3 is 15.0 Å². The van der Waals surface area contributed by atoms with Crippen LogP contribution in [0.15, 0.2) is 18.2 Å². The summed E-state index contributed by atoms with van der Waals surface area (Å²) >= 11 is 0. The van der Waals surface area contributed by atoms with Crippen molar-refractivity contribution in [2.45, 2.75) is 39.7 Å². The van der Waals surface area contributed by atoms with E-state index >= 15 is 0 Å². The van der Waals surface area contributed by atoms with Gasteiger partial charge in [0.05, 0.1) is 0 Å². The highest BCUT2D eigenvalue weighted by molar-refractivity contribution is 5.78.